The molecule has 1 aliphatic rings. The maximum Gasteiger partial charge on any atom is 0.275 e. The molecule has 0 radical (unpaired) electrons. The van der Waals surface area contributed by atoms with E-state index in [1.165, 1.54) is 0 Å². The Balaban J connectivity index is 2.13. The molecule has 2 N–H and O–H groups in total. The molecule has 0 saturated carbocycles. The van der Waals surface area contributed by atoms with Crippen LogP contribution in [0.5, 0.6) is 0 Å². The Morgan fingerprint density at radius 2 is 1.75 bits per heavy atom. The van der Waals surface area contributed by atoms with Gasteiger partial charge in [0.05, 0.1) is 37.6 Å². The highest BCUT2D eigenvalue weighted by Crippen LogP contribution is 2.30. The summed E-state index contributed by atoms with van der Waals surface area (Å²) in [6.07, 6.45) is 5.14. The molecule has 0 bridgehead atoms. The van der Waals surface area contributed by atoms with Crippen molar-refractivity contribution >= 4 is 15.9 Å². The Morgan fingerprint density at radius 1 is 1.21 bits per heavy atom. The molecule has 0 aliphatic carbocycles. The number of amides is 1. The molecule has 154 valence electrons. The SMILES string of the molecule is C#CCNC(=O)C[NH+]1CCN(S(=O)(=O)c2c(C)cc(C(C)(C)C)cc2C)CC1. The highest BCUT2D eigenvalue weighted by molar-refractivity contribution is 7.89. The van der Waals surface area contributed by atoms with Crippen molar-refractivity contribution in [3.05, 3.63) is 28.8 Å². The standard InChI is InChI=1S/C21H31N3O3S/c1-7-8-22-19(25)15-23-9-11-24(12-10-23)28(26,27)20-16(2)13-18(14-17(20)3)21(4,5)6/h1,13-14H,8-12,15H2,2-6H3,(H,22,25)/p+1. The number of carbonyl (C=O) groups is 1. The van der Waals surface area contributed by atoms with Crippen LogP contribution in [0, 0.1) is 26.2 Å². The molecule has 28 heavy (non-hydrogen) atoms. The Morgan fingerprint density at radius 3 is 2.21 bits per heavy atom. The number of hydrogen-bond acceptors (Lipinski definition) is 3. The van der Waals surface area contributed by atoms with Crippen LogP contribution in [0.25, 0.3) is 0 Å². The predicted molar refractivity (Wildman–Crippen MR) is 111 cm³/mol. The maximum absolute atomic E-state index is 13.3. The van der Waals surface area contributed by atoms with Crippen molar-refractivity contribution in [3.63, 3.8) is 0 Å². The highest BCUT2D eigenvalue weighted by atomic mass is 32.2. The molecule has 7 heteroatoms. The number of aryl methyl sites for hydroxylation is 2. The van der Waals surface area contributed by atoms with Gasteiger partial charge in [-0.15, -0.1) is 6.42 Å². The summed E-state index contributed by atoms with van der Waals surface area (Å²) in [5.41, 5.74) is 2.67. The van der Waals surface area contributed by atoms with E-state index in [0.29, 0.717) is 37.6 Å². The molecule has 1 saturated heterocycles. The quantitative estimate of drug-likeness (QED) is 0.688. The van der Waals surface area contributed by atoms with Crippen molar-refractivity contribution in [1.29, 1.82) is 0 Å². The van der Waals surface area contributed by atoms with Crippen LogP contribution >= 0.6 is 0 Å². The van der Waals surface area contributed by atoms with Gasteiger partial charge >= 0.3 is 0 Å². The summed E-state index contributed by atoms with van der Waals surface area (Å²) in [4.78, 5) is 13.3. The number of quaternary nitrogens is 1. The van der Waals surface area contributed by atoms with Gasteiger partial charge in [-0.3, -0.25) is 4.79 Å². The average Bonchev–Trinajstić information content (AvgIpc) is 2.58. The van der Waals surface area contributed by atoms with Gasteiger partial charge in [0, 0.05) is 0 Å². The van der Waals surface area contributed by atoms with Crippen LogP contribution in [0.2, 0.25) is 0 Å². The molecular formula is C21H32N3O3S+. The smallest absolute Gasteiger partial charge is 0.275 e. The Hall–Kier alpha value is -1.88. The summed E-state index contributed by atoms with van der Waals surface area (Å²) in [6, 6.07) is 3.97. The monoisotopic (exact) mass is 406 g/mol. The molecule has 1 aromatic carbocycles. The first-order chi connectivity index (χ1) is 13.0. The molecule has 0 spiro atoms. The fourth-order valence-electron chi connectivity index (χ4n) is 3.58. The van der Waals surface area contributed by atoms with Crippen LogP contribution in [0.15, 0.2) is 17.0 Å². The Kier molecular flexibility index (Phi) is 6.92. The third-order valence-corrected chi connectivity index (χ3v) is 7.36. The highest BCUT2D eigenvalue weighted by Gasteiger charge is 2.33. The minimum absolute atomic E-state index is 0.0349. The van der Waals surface area contributed by atoms with Crippen LogP contribution in [-0.2, 0) is 20.2 Å². The lowest BCUT2D eigenvalue weighted by atomic mass is 9.85. The number of piperazine rings is 1. The van der Waals surface area contributed by atoms with Gasteiger partial charge in [0.25, 0.3) is 5.91 Å². The summed E-state index contributed by atoms with van der Waals surface area (Å²) in [7, 11) is -3.56. The Bertz CT molecular complexity index is 848. The van der Waals surface area contributed by atoms with Gasteiger partial charge in [-0.05, 0) is 36.0 Å². The zero-order valence-electron chi connectivity index (χ0n) is 17.6. The van der Waals surface area contributed by atoms with E-state index < -0.39 is 10.0 Å². The van der Waals surface area contributed by atoms with Crippen LogP contribution in [0.3, 0.4) is 0 Å². The molecule has 0 aromatic heterocycles. The zero-order chi connectivity index (χ0) is 21.1. The lowest BCUT2D eigenvalue weighted by molar-refractivity contribution is -0.895. The number of carbonyl (C=O) groups excluding carboxylic acids is 1. The molecule has 0 atom stereocenters. The van der Waals surface area contributed by atoms with E-state index in [-0.39, 0.29) is 17.9 Å². The van der Waals surface area contributed by atoms with Crippen molar-refractivity contribution in [2.45, 2.75) is 44.9 Å². The average molecular weight is 407 g/mol. The molecule has 2 rings (SSSR count). The van der Waals surface area contributed by atoms with E-state index in [2.05, 4.69) is 32.0 Å². The molecule has 1 aliphatic heterocycles. The number of nitrogens with one attached hydrogen (secondary N) is 2. The predicted octanol–water partition coefficient (Wildman–Crippen LogP) is 0.240. The number of sulfonamides is 1. The summed E-state index contributed by atoms with van der Waals surface area (Å²) in [5.74, 6) is 2.27. The minimum atomic E-state index is -3.56. The van der Waals surface area contributed by atoms with Crippen molar-refractivity contribution in [3.8, 4) is 12.3 Å². The zero-order valence-corrected chi connectivity index (χ0v) is 18.4. The summed E-state index contributed by atoms with van der Waals surface area (Å²) in [6.45, 7) is 12.6. The van der Waals surface area contributed by atoms with E-state index in [1.54, 1.807) is 4.31 Å². The number of nitrogens with zero attached hydrogens (tertiary/aromatic N) is 1. The van der Waals surface area contributed by atoms with Gasteiger partial charge in [0.2, 0.25) is 10.0 Å². The normalized spacial score (nSPS) is 16.6. The number of benzene rings is 1. The first kappa shape index (κ1) is 22.4. The Labute approximate surface area is 169 Å². The lowest BCUT2D eigenvalue weighted by Crippen LogP contribution is -3.15. The molecule has 1 fully saturated rings. The summed E-state index contributed by atoms with van der Waals surface area (Å²) >= 11 is 0. The van der Waals surface area contributed by atoms with Crippen LogP contribution in [0.1, 0.15) is 37.5 Å². The van der Waals surface area contributed by atoms with E-state index in [9.17, 15) is 13.2 Å². The molecule has 1 amide bonds. The number of rotatable bonds is 5. The van der Waals surface area contributed by atoms with Gasteiger partial charge < -0.3 is 10.2 Å². The van der Waals surface area contributed by atoms with Gasteiger partial charge in [-0.2, -0.15) is 4.31 Å². The van der Waals surface area contributed by atoms with Crippen molar-refractivity contribution < 1.29 is 18.1 Å². The molecule has 1 aromatic rings. The summed E-state index contributed by atoms with van der Waals surface area (Å²) in [5, 5.41) is 2.65. The second kappa shape index (κ2) is 8.64. The lowest BCUT2D eigenvalue weighted by Gasteiger charge is -2.32. The van der Waals surface area contributed by atoms with E-state index in [0.717, 1.165) is 21.6 Å². The van der Waals surface area contributed by atoms with Gasteiger partial charge in [-0.1, -0.05) is 38.8 Å². The third kappa shape index (κ3) is 5.13. The van der Waals surface area contributed by atoms with Crippen LogP contribution in [0.4, 0.5) is 0 Å². The first-order valence-electron chi connectivity index (χ1n) is 9.62. The molecule has 1 heterocycles. The van der Waals surface area contributed by atoms with Crippen LogP contribution in [-0.4, -0.2) is 57.9 Å². The van der Waals surface area contributed by atoms with Crippen molar-refractivity contribution in [1.82, 2.24) is 9.62 Å². The second-order valence-electron chi connectivity index (χ2n) is 8.50. The van der Waals surface area contributed by atoms with Gasteiger partial charge in [-0.25, -0.2) is 8.42 Å². The third-order valence-electron chi connectivity index (χ3n) is 5.15. The number of terminal acetylenes is 1. The van der Waals surface area contributed by atoms with Crippen LogP contribution < -0.4 is 10.2 Å². The first-order valence-corrected chi connectivity index (χ1v) is 11.1. The topological polar surface area (TPSA) is 70.9 Å². The largest absolute Gasteiger partial charge is 0.340 e. The van der Waals surface area contributed by atoms with E-state index >= 15 is 0 Å². The molecule has 0 unspecified atom stereocenters. The van der Waals surface area contributed by atoms with Gasteiger partial charge in [0.1, 0.15) is 0 Å². The van der Waals surface area contributed by atoms with E-state index in [4.69, 9.17) is 6.42 Å². The number of hydrogen-bond donors (Lipinski definition) is 2. The van der Waals surface area contributed by atoms with Crippen molar-refractivity contribution in [2.75, 3.05) is 39.3 Å². The van der Waals surface area contributed by atoms with Gasteiger partial charge in [0.15, 0.2) is 6.54 Å². The second-order valence-corrected chi connectivity index (χ2v) is 10.4. The van der Waals surface area contributed by atoms with Crippen molar-refractivity contribution in [2.24, 2.45) is 0 Å². The minimum Gasteiger partial charge on any atom is -0.340 e. The molecule has 6 nitrogen and oxygen atoms in total. The maximum atomic E-state index is 13.3. The molecular weight excluding hydrogens is 374 g/mol. The van der Waals surface area contributed by atoms with E-state index in [1.807, 2.05) is 26.0 Å². The fourth-order valence-corrected chi connectivity index (χ4v) is 5.43. The fraction of sp³-hybridized carbons (Fsp3) is 0.571. The summed E-state index contributed by atoms with van der Waals surface area (Å²) < 4.78 is 28.1.